The van der Waals surface area contributed by atoms with Gasteiger partial charge in [0.25, 0.3) is 0 Å². The summed E-state index contributed by atoms with van der Waals surface area (Å²) in [5.41, 5.74) is 11.7. The second-order valence-corrected chi connectivity index (χ2v) is 10.3. The van der Waals surface area contributed by atoms with Crippen LogP contribution in [0.15, 0.2) is 37.2 Å². The molecule has 9 heteroatoms. The van der Waals surface area contributed by atoms with Crippen molar-refractivity contribution in [2.45, 2.75) is 44.1 Å². The molecule has 1 saturated heterocycles. The van der Waals surface area contributed by atoms with Crippen molar-refractivity contribution in [3.05, 3.63) is 48.6 Å². The summed E-state index contributed by atoms with van der Waals surface area (Å²) >= 11 is 0. The van der Waals surface area contributed by atoms with Crippen molar-refractivity contribution in [1.29, 1.82) is 0 Å². The van der Waals surface area contributed by atoms with Gasteiger partial charge >= 0.3 is 0 Å². The molecule has 2 saturated carbocycles. The lowest BCUT2D eigenvalue weighted by molar-refractivity contribution is -0.135. The number of nitrogens with one attached hydrogen (secondary N) is 1. The number of aliphatic hydroxyl groups is 1. The molecule has 0 bridgehead atoms. The van der Waals surface area contributed by atoms with Gasteiger partial charge in [-0.25, -0.2) is 9.97 Å². The fourth-order valence-corrected chi connectivity index (χ4v) is 5.44. The Labute approximate surface area is 216 Å². The molecule has 0 unspecified atom stereocenters. The third-order valence-electron chi connectivity index (χ3n) is 7.67. The molecule has 3 aromatic rings. The van der Waals surface area contributed by atoms with E-state index in [2.05, 4.69) is 26.8 Å². The summed E-state index contributed by atoms with van der Waals surface area (Å²) in [6.07, 6.45) is 9.94. The molecule has 2 aliphatic carbocycles. The van der Waals surface area contributed by atoms with Crippen LogP contribution >= 0.6 is 0 Å². The Morgan fingerprint density at radius 2 is 2.03 bits per heavy atom. The predicted molar refractivity (Wildman–Crippen MR) is 146 cm³/mol. The second kappa shape index (κ2) is 9.63. The number of aliphatic hydroxyl groups excluding tert-OH is 1. The number of aromatic nitrogens is 3. The minimum Gasteiger partial charge on any atom is -0.396 e. The first-order chi connectivity index (χ1) is 18.1. The molecule has 0 aromatic carbocycles. The minimum absolute atomic E-state index is 0.0388. The molecule has 4 N–H and O–H groups in total. The van der Waals surface area contributed by atoms with Gasteiger partial charge in [-0.3, -0.25) is 9.78 Å². The second-order valence-electron chi connectivity index (χ2n) is 10.3. The fraction of sp³-hybridized carbons (Fsp3) is 0.429. The third-order valence-corrected chi connectivity index (χ3v) is 7.67. The number of piperazine rings is 1. The lowest BCUT2D eigenvalue weighted by atomic mass is 10.1. The van der Waals surface area contributed by atoms with E-state index >= 15 is 0 Å². The highest BCUT2D eigenvalue weighted by Crippen LogP contribution is 2.46. The molecule has 0 radical (unpaired) electrons. The van der Waals surface area contributed by atoms with Crippen molar-refractivity contribution in [3.63, 3.8) is 0 Å². The van der Waals surface area contributed by atoms with E-state index in [4.69, 9.17) is 10.7 Å². The van der Waals surface area contributed by atoms with Gasteiger partial charge in [0.05, 0.1) is 52.8 Å². The number of amides is 1. The molecule has 4 heterocycles. The number of nitrogens with two attached hydrogens (primary N) is 1. The topological polar surface area (TPSA) is 120 Å². The highest BCUT2D eigenvalue weighted by molar-refractivity contribution is 5.94. The number of rotatable bonds is 8. The Hall–Kier alpha value is -3.72. The van der Waals surface area contributed by atoms with Gasteiger partial charge in [0.2, 0.25) is 5.91 Å². The normalized spacial score (nSPS) is 19.8. The van der Waals surface area contributed by atoms with Crippen LogP contribution in [0.4, 0.5) is 22.9 Å². The minimum atomic E-state index is -0.109. The third kappa shape index (κ3) is 4.71. The maximum Gasteiger partial charge on any atom is 0.225 e. The van der Waals surface area contributed by atoms with Crippen LogP contribution in [0, 0.1) is 5.92 Å². The Morgan fingerprint density at radius 3 is 2.76 bits per heavy atom. The molecular formula is C28H33N7O2. The molecule has 37 heavy (non-hydrogen) atoms. The zero-order valence-electron chi connectivity index (χ0n) is 20.9. The molecule has 1 amide bonds. The van der Waals surface area contributed by atoms with Crippen LogP contribution in [0.3, 0.4) is 0 Å². The monoisotopic (exact) mass is 499 g/mol. The fourth-order valence-electron chi connectivity index (χ4n) is 5.44. The number of fused-ring (bicyclic) bond motifs is 1. The highest BCUT2D eigenvalue weighted by atomic mass is 16.3. The van der Waals surface area contributed by atoms with Crippen LogP contribution < -0.4 is 16.0 Å². The number of carbonyl (C=O) groups is 1. The average molecular weight is 500 g/mol. The Bertz CT molecular complexity index is 1350. The van der Waals surface area contributed by atoms with E-state index in [-0.39, 0.29) is 25.0 Å². The van der Waals surface area contributed by atoms with Gasteiger partial charge in [-0.05, 0) is 55.9 Å². The first kappa shape index (κ1) is 23.7. The van der Waals surface area contributed by atoms with Crippen molar-refractivity contribution < 1.29 is 9.90 Å². The number of carbonyl (C=O) groups excluding carboxylic acids is 1. The van der Waals surface area contributed by atoms with Crippen molar-refractivity contribution in [2.24, 2.45) is 5.92 Å². The number of nitrogen functional groups attached to an aromatic ring is 1. The van der Waals surface area contributed by atoms with Crippen LogP contribution in [0.1, 0.15) is 49.4 Å². The Morgan fingerprint density at radius 1 is 1.19 bits per heavy atom. The van der Waals surface area contributed by atoms with E-state index in [1.165, 1.54) is 0 Å². The van der Waals surface area contributed by atoms with Gasteiger partial charge < -0.3 is 26.0 Å². The number of pyridine rings is 3. The van der Waals surface area contributed by atoms with Gasteiger partial charge in [0.15, 0.2) is 5.82 Å². The average Bonchev–Trinajstić information content (AvgIpc) is 3.82. The predicted octanol–water partition coefficient (Wildman–Crippen LogP) is 3.68. The van der Waals surface area contributed by atoms with Gasteiger partial charge in [0, 0.05) is 43.6 Å². The number of hydrogen-bond donors (Lipinski definition) is 3. The van der Waals surface area contributed by atoms with Crippen LogP contribution in [0.5, 0.6) is 0 Å². The van der Waals surface area contributed by atoms with E-state index in [1.54, 1.807) is 18.5 Å². The molecule has 6 rings (SSSR count). The van der Waals surface area contributed by atoms with Crippen LogP contribution in [0.25, 0.3) is 17.0 Å². The van der Waals surface area contributed by atoms with Crippen LogP contribution in [-0.4, -0.2) is 63.1 Å². The molecule has 0 spiro atoms. The Balaban J connectivity index is 1.32. The zero-order valence-corrected chi connectivity index (χ0v) is 20.9. The molecular weight excluding hydrogens is 466 g/mol. The quantitative estimate of drug-likeness (QED) is 0.429. The number of nitrogens with zero attached hydrogens (tertiary/aromatic N) is 5. The van der Waals surface area contributed by atoms with Crippen molar-refractivity contribution in [3.8, 4) is 0 Å². The number of anilines is 4. The van der Waals surface area contributed by atoms with Crippen LogP contribution in [-0.2, 0) is 4.79 Å². The van der Waals surface area contributed by atoms with E-state index in [0.29, 0.717) is 30.6 Å². The molecule has 192 valence electrons. The molecule has 1 aliphatic heterocycles. The standard InChI is InChI=1S/C28H33N7O2/c1-2-19-13-22(20-7-9-30-15-24(20)31-19)32-23-14-21(29)28(33-27(23)18-5-6-18)34-10-11-35(26(37)8-12-36)25(16-34)17-3-4-17/h2,7,9,13-15,17-18,25,36H,1,3-6,8,10-12,16,29H2,(H,31,32)/t25-/m0/s1. The molecule has 9 nitrogen and oxygen atoms in total. The maximum absolute atomic E-state index is 12.6. The van der Waals surface area contributed by atoms with Gasteiger partial charge in [-0.2, -0.15) is 0 Å². The van der Waals surface area contributed by atoms with Gasteiger partial charge in [-0.1, -0.05) is 6.58 Å². The van der Waals surface area contributed by atoms with Gasteiger partial charge in [0.1, 0.15) is 0 Å². The summed E-state index contributed by atoms with van der Waals surface area (Å²) in [5, 5.41) is 13.9. The first-order valence-electron chi connectivity index (χ1n) is 13.2. The smallest absolute Gasteiger partial charge is 0.225 e. The summed E-state index contributed by atoms with van der Waals surface area (Å²) in [5.74, 6) is 1.77. The van der Waals surface area contributed by atoms with E-state index in [0.717, 1.165) is 71.7 Å². The summed E-state index contributed by atoms with van der Waals surface area (Å²) < 4.78 is 0. The van der Waals surface area contributed by atoms with Crippen molar-refractivity contribution in [2.75, 3.05) is 42.2 Å². The first-order valence-corrected chi connectivity index (χ1v) is 13.2. The summed E-state index contributed by atoms with van der Waals surface area (Å²) in [4.78, 5) is 30.8. The van der Waals surface area contributed by atoms with Crippen LogP contribution in [0.2, 0.25) is 0 Å². The number of hydrogen-bond acceptors (Lipinski definition) is 8. The molecule has 3 aromatic heterocycles. The largest absolute Gasteiger partial charge is 0.396 e. The summed E-state index contributed by atoms with van der Waals surface area (Å²) in [7, 11) is 0. The van der Waals surface area contributed by atoms with Crippen molar-refractivity contribution in [1.82, 2.24) is 19.9 Å². The summed E-state index contributed by atoms with van der Waals surface area (Å²) in [6, 6.07) is 6.09. The molecule has 1 atom stereocenters. The van der Waals surface area contributed by atoms with E-state index < -0.39 is 0 Å². The summed E-state index contributed by atoms with van der Waals surface area (Å²) in [6.45, 7) is 5.80. The lowest BCUT2D eigenvalue weighted by Gasteiger charge is -2.42. The van der Waals surface area contributed by atoms with Gasteiger partial charge in [-0.15, -0.1) is 0 Å². The highest BCUT2D eigenvalue weighted by Gasteiger charge is 2.41. The molecule has 3 fully saturated rings. The SMILES string of the molecule is C=Cc1cc(Nc2cc(N)c(N3CCN(C(=O)CCO)[C@H](C4CC4)C3)nc2C2CC2)c2ccncc2n1. The van der Waals surface area contributed by atoms with E-state index in [9.17, 15) is 9.90 Å². The molecule has 3 aliphatic rings. The van der Waals surface area contributed by atoms with E-state index in [1.807, 2.05) is 23.1 Å². The van der Waals surface area contributed by atoms with Crippen molar-refractivity contribution >= 4 is 45.8 Å². The maximum atomic E-state index is 12.6. The Kier molecular flexibility index (Phi) is 6.16. The lowest BCUT2D eigenvalue weighted by Crippen LogP contribution is -2.56. The zero-order chi connectivity index (χ0) is 25.5.